The first-order valence-electron chi connectivity index (χ1n) is 52.5. The maximum Gasteiger partial charge on any atom is 0.0484 e. The molecule has 1 atom stereocenters. The fourth-order valence-corrected chi connectivity index (χ4v) is 24.8. The minimum Gasteiger partial charge on any atom is -0.0837 e. The zero-order valence-corrected chi connectivity index (χ0v) is 81.5. The summed E-state index contributed by atoms with van der Waals surface area (Å²) < 4.78 is 0. The van der Waals surface area contributed by atoms with E-state index in [0.29, 0.717) is 0 Å². The van der Waals surface area contributed by atoms with E-state index in [0.717, 1.165) is 10.4 Å². The summed E-state index contributed by atoms with van der Waals surface area (Å²) in [5, 5.41) is 3.09. The third kappa shape index (κ3) is 19.2. The van der Waals surface area contributed by atoms with E-state index in [2.05, 4.69) is 316 Å². The zero-order valence-electron chi connectivity index (χ0n) is 80.7. The van der Waals surface area contributed by atoms with Gasteiger partial charge in [-0.2, -0.15) is 0 Å². The average Bonchev–Trinajstić information content (AvgIpc) is 1.58. The Morgan fingerprint density at radius 3 is 0.662 bits per heavy atom. The predicted molar refractivity (Wildman–Crippen MR) is 567 cm³/mol. The molecule has 13 aromatic carbocycles. The summed E-state index contributed by atoms with van der Waals surface area (Å²) in [6.45, 7) is 19.0. The van der Waals surface area contributed by atoms with Gasteiger partial charge in [0.25, 0.3) is 0 Å². The Balaban J connectivity index is 0.654. The second-order valence-corrected chi connectivity index (χ2v) is 41.3. The second-order valence-electron chi connectivity index (χ2n) is 40.9. The van der Waals surface area contributed by atoms with Crippen molar-refractivity contribution in [3.8, 4) is 122 Å². The Morgan fingerprint density at radius 1 is 0.169 bits per heavy atom. The van der Waals surface area contributed by atoms with Crippen LogP contribution in [0.15, 0.2) is 261 Å². The van der Waals surface area contributed by atoms with Crippen molar-refractivity contribution in [3.05, 3.63) is 310 Å². The van der Waals surface area contributed by atoms with E-state index in [4.69, 9.17) is 11.6 Å². The van der Waals surface area contributed by atoms with Gasteiger partial charge in [-0.25, -0.2) is 0 Å². The van der Waals surface area contributed by atoms with Crippen LogP contribution >= 0.6 is 11.6 Å². The van der Waals surface area contributed by atoms with Gasteiger partial charge in [-0.1, -0.05) is 504 Å². The lowest BCUT2D eigenvalue weighted by Gasteiger charge is -2.33. The van der Waals surface area contributed by atoms with Crippen molar-refractivity contribution in [2.45, 2.75) is 340 Å². The van der Waals surface area contributed by atoms with E-state index in [1.165, 1.54) is 402 Å². The molecular formula is C129H149Cl. The maximum atomic E-state index is 6.76. The van der Waals surface area contributed by atoms with Crippen LogP contribution in [0, 0.1) is 0 Å². The highest BCUT2D eigenvalue weighted by Crippen LogP contribution is 2.61. The molecule has 0 saturated heterocycles. The lowest BCUT2D eigenvalue weighted by molar-refractivity contribution is 0.398. The van der Waals surface area contributed by atoms with Crippen molar-refractivity contribution in [2.24, 2.45) is 0 Å². The van der Waals surface area contributed by atoms with Crippen molar-refractivity contribution in [1.82, 2.24) is 0 Å². The van der Waals surface area contributed by atoms with E-state index in [-0.39, 0.29) is 21.7 Å². The Hall–Kier alpha value is -9.59. The van der Waals surface area contributed by atoms with E-state index < -0.39 is 0 Å². The van der Waals surface area contributed by atoms with Gasteiger partial charge in [0.15, 0.2) is 0 Å². The lowest BCUT2D eigenvalue weighted by Crippen LogP contribution is -2.25. The van der Waals surface area contributed by atoms with Crippen LogP contribution in [0.1, 0.15) is 363 Å². The number of halogens is 1. The van der Waals surface area contributed by atoms with Gasteiger partial charge in [-0.05, 0) is 259 Å². The molecule has 0 fully saturated rings. The summed E-state index contributed by atoms with van der Waals surface area (Å²) in [6.07, 6.45) is 52.9. The number of hydrogen-bond acceptors (Lipinski definition) is 0. The highest BCUT2D eigenvalue weighted by Gasteiger charge is 2.47. The van der Waals surface area contributed by atoms with Crippen molar-refractivity contribution in [2.75, 3.05) is 0 Å². The molecule has 1 heteroatoms. The monoisotopic (exact) mass is 1730 g/mol. The molecule has 130 heavy (non-hydrogen) atoms. The predicted octanol–water partition coefficient (Wildman–Crippen LogP) is 40.4. The standard InChI is InChI=1S/C129H149Cl/c1-9-15-21-27-33-43-80-127(81-44-34-28-22-16-10-2)117-51-41-40-49-108(117)111-77-70-105(92-120(111)127)104-69-72-110-109-71-64-99(86-118(109)126(7,8)119(110)87-104)93-52-54-94(55-53-93)100-65-74-113-114-75-67-102(90-123(114)129(122(113)89-100,84-46-36-30-24-18-12-4)85-47-37-31-25-19-13-5)96-58-56-95(57-59-96)101-66-73-112-115-76-68-103(97-60-62-98(63-61-97)106-78-79-125(130)116-50-39-38-48-107(106)116)91-124(115)128(121(112)88-101,82-42-32-26-20-14-6)83-45-35-29-23-17-11-3/h38-41,48-79,86-92H,9-37,42-47,80-85H2,1-8H3. The molecule has 0 saturated carbocycles. The molecule has 0 amide bonds. The Bertz CT molecular complexity index is 5940. The molecule has 0 aliphatic heterocycles. The van der Waals surface area contributed by atoms with E-state index in [1.54, 1.807) is 33.4 Å². The van der Waals surface area contributed by atoms with Crippen molar-refractivity contribution >= 4 is 22.4 Å². The van der Waals surface area contributed by atoms with Crippen molar-refractivity contribution in [1.29, 1.82) is 0 Å². The summed E-state index contributed by atoms with van der Waals surface area (Å²) in [5.74, 6) is 0. The summed E-state index contributed by atoms with van der Waals surface area (Å²) in [7, 11) is 0. The molecule has 4 aliphatic carbocycles. The summed E-state index contributed by atoms with van der Waals surface area (Å²) in [6, 6.07) is 104. The molecule has 4 aliphatic rings. The fraction of sp³-hybridized carbons (Fsp3) is 0.411. The van der Waals surface area contributed by atoms with Crippen LogP contribution in [0.5, 0.6) is 0 Å². The van der Waals surface area contributed by atoms with Gasteiger partial charge in [-0.15, -0.1) is 0 Å². The van der Waals surface area contributed by atoms with Gasteiger partial charge < -0.3 is 0 Å². The first-order valence-corrected chi connectivity index (χ1v) is 52.9. The van der Waals surface area contributed by atoms with Gasteiger partial charge in [0.2, 0.25) is 0 Å². The molecule has 0 aromatic heterocycles. The number of benzene rings is 13. The molecule has 0 heterocycles. The molecule has 672 valence electrons. The molecular weight excluding hydrogens is 1580 g/mol. The van der Waals surface area contributed by atoms with Gasteiger partial charge in [0.1, 0.15) is 0 Å². The largest absolute Gasteiger partial charge is 0.0837 e. The second kappa shape index (κ2) is 43.0. The Labute approximate surface area is 789 Å². The van der Waals surface area contributed by atoms with Crippen LogP contribution in [-0.2, 0) is 21.7 Å². The molecule has 13 aromatic rings. The smallest absolute Gasteiger partial charge is 0.0484 e. The number of hydrogen-bond donors (Lipinski definition) is 0. The Morgan fingerprint density at radius 2 is 0.369 bits per heavy atom. The van der Waals surface area contributed by atoms with Crippen LogP contribution < -0.4 is 0 Å². The highest BCUT2D eigenvalue weighted by molar-refractivity contribution is 6.36. The number of rotatable bonds is 48. The zero-order chi connectivity index (χ0) is 89.4. The van der Waals surface area contributed by atoms with Crippen molar-refractivity contribution < 1.29 is 0 Å². The van der Waals surface area contributed by atoms with Crippen LogP contribution in [0.25, 0.3) is 133 Å². The number of fused-ring (bicyclic) bond motifs is 13. The maximum absolute atomic E-state index is 6.76. The van der Waals surface area contributed by atoms with Gasteiger partial charge >= 0.3 is 0 Å². The summed E-state index contributed by atoms with van der Waals surface area (Å²) in [5.41, 5.74) is 41.6. The molecule has 0 radical (unpaired) electrons. The van der Waals surface area contributed by atoms with Crippen LogP contribution in [0.3, 0.4) is 0 Å². The van der Waals surface area contributed by atoms with Crippen molar-refractivity contribution in [3.63, 3.8) is 0 Å². The topological polar surface area (TPSA) is 0 Å². The normalized spacial score (nSPS) is 14.9. The lowest BCUT2D eigenvalue weighted by atomic mass is 9.69. The minimum absolute atomic E-state index is 0.0553. The van der Waals surface area contributed by atoms with Crippen LogP contribution in [-0.4, -0.2) is 0 Å². The summed E-state index contributed by atoms with van der Waals surface area (Å²) in [4.78, 5) is 0. The van der Waals surface area contributed by atoms with Gasteiger partial charge in [0, 0.05) is 32.1 Å². The van der Waals surface area contributed by atoms with Crippen LogP contribution in [0.2, 0.25) is 5.02 Å². The summed E-state index contributed by atoms with van der Waals surface area (Å²) >= 11 is 6.76. The molecule has 0 bridgehead atoms. The average molecular weight is 1740 g/mol. The molecule has 17 rings (SSSR count). The molecule has 0 nitrogen and oxygen atoms in total. The SMILES string of the molecule is CCCCCCCCC1(CCCCCCC)c2cc(-c3ccc(-c4ccc5c(c4)C(CCCCCCCC)(CCCCCCCC)c4cc(-c6ccc(-c7ccc8c(c7)C(C)(C)c7cc(-c9ccc%10c(c9)C(CCCCCCCC)(CCCCCCCC)c9ccccc9-%10)ccc7-8)cc6)ccc4-5)cc3)ccc2-c2ccc(-c3ccc(-c4ccc(Cl)c5ccccc45)cc3)cc21. The van der Waals surface area contributed by atoms with Gasteiger partial charge in [0.05, 0.1) is 0 Å². The Kier molecular flexibility index (Phi) is 30.5. The van der Waals surface area contributed by atoms with Crippen LogP contribution in [0.4, 0.5) is 0 Å². The molecule has 0 N–H and O–H groups in total. The third-order valence-corrected chi connectivity index (χ3v) is 32.3. The highest BCUT2D eigenvalue weighted by atomic mass is 35.5. The third-order valence-electron chi connectivity index (χ3n) is 32.0. The first-order chi connectivity index (χ1) is 63.9. The quantitative estimate of drug-likeness (QED) is 0.0334. The van der Waals surface area contributed by atoms with E-state index in [1.807, 2.05) is 0 Å². The van der Waals surface area contributed by atoms with Gasteiger partial charge in [-0.3, -0.25) is 0 Å². The first kappa shape index (κ1) is 92.3. The van der Waals surface area contributed by atoms with E-state index in [9.17, 15) is 0 Å². The molecule has 0 spiro atoms. The number of unbranched alkanes of at least 4 members (excludes halogenated alkanes) is 29. The fourth-order valence-electron chi connectivity index (χ4n) is 24.6. The molecule has 1 unspecified atom stereocenters. The van der Waals surface area contributed by atoms with E-state index >= 15 is 0 Å². The minimum atomic E-state index is -0.166.